The summed E-state index contributed by atoms with van der Waals surface area (Å²) in [7, 11) is 0. The van der Waals surface area contributed by atoms with Gasteiger partial charge in [0.1, 0.15) is 4.49 Å². The minimum absolute atomic E-state index is 0.289. The number of allylic oxidation sites excluding steroid dienone is 3. The number of halogens is 2. The van der Waals surface area contributed by atoms with E-state index in [1.165, 1.54) is 5.56 Å². The Balaban J connectivity index is 1.96. The molecule has 0 radical (unpaired) electrons. The summed E-state index contributed by atoms with van der Waals surface area (Å²) in [6.45, 7) is 1.50. The molecule has 0 bridgehead atoms. The van der Waals surface area contributed by atoms with E-state index in [4.69, 9.17) is 27.9 Å². The number of ether oxygens (including phenoxy) is 1. The molecule has 98 valence electrons. The monoisotopic (exact) mass is 284 g/mol. The molecule has 0 spiro atoms. The predicted octanol–water partition coefficient (Wildman–Crippen LogP) is 5.25. The fourth-order valence-electron chi connectivity index (χ4n) is 1.47. The maximum absolute atomic E-state index is 5.59. The van der Waals surface area contributed by atoms with Crippen molar-refractivity contribution in [2.45, 2.75) is 25.9 Å². The van der Waals surface area contributed by atoms with E-state index in [1.807, 2.05) is 24.3 Å². The van der Waals surface area contributed by atoms with Crippen LogP contribution in [0.4, 0.5) is 0 Å². The third-order valence-corrected chi connectivity index (χ3v) is 2.63. The Kier molecular flexibility index (Phi) is 8.66. The Hall–Kier alpha value is -0.760. The molecule has 0 aliphatic heterocycles. The quantitative estimate of drug-likeness (QED) is 0.468. The van der Waals surface area contributed by atoms with Crippen molar-refractivity contribution in [3.8, 4) is 0 Å². The van der Waals surface area contributed by atoms with Gasteiger partial charge in [0, 0.05) is 6.61 Å². The minimum Gasteiger partial charge on any atom is -0.377 e. The third kappa shape index (κ3) is 8.35. The number of hydrogen-bond acceptors (Lipinski definition) is 1. The van der Waals surface area contributed by atoms with E-state index in [0.29, 0.717) is 6.61 Å². The van der Waals surface area contributed by atoms with E-state index in [0.717, 1.165) is 25.9 Å². The molecule has 3 heteroatoms. The van der Waals surface area contributed by atoms with E-state index in [1.54, 1.807) is 6.08 Å². The molecule has 0 aromatic heterocycles. The van der Waals surface area contributed by atoms with Crippen LogP contribution in [0.5, 0.6) is 0 Å². The summed E-state index contributed by atoms with van der Waals surface area (Å²) in [6.07, 6.45) is 8.80. The van der Waals surface area contributed by atoms with Gasteiger partial charge in [0.25, 0.3) is 0 Å². The highest BCUT2D eigenvalue weighted by Gasteiger charge is 1.91. The third-order valence-electron chi connectivity index (χ3n) is 2.38. The van der Waals surface area contributed by atoms with Crippen molar-refractivity contribution < 1.29 is 4.74 Å². The maximum Gasteiger partial charge on any atom is 0.106 e. The van der Waals surface area contributed by atoms with Crippen LogP contribution < -0.4 is 0 Å². The van der Waals surface area contributed by atoms with Crippen LogP contribution in [0.1, 0.15) is 24.8 Å². The first-order valence-corrected chi connectivity index (χ1v) is 6.84. The fraction of sp³-hybridized carbons (Fsp3) is 0.333. The van der Waals surface area contributed by atoms with Crippen LogP contribution in [0.25, 0.3) is 0 Å². The van der Waals surface area contributed by atoms with Gasteiger partial charge in [0.15, 0.2) is 0 Å². The van der Waals surface area contributed by atoms with Crippen molar-refractivity contribution in [1.82, 2.24) is 0 Å². The normalized spacial score (nSPS) is 10.8. The fourth-order valence-corrected chi connectivity index (χ4v) is 1.61. The maximum atomic E-state index is 5.59. The highest BCUT2D eigenvalue weighted by Crippen LogP contribution is 2.06. The summed E-state index contributed by atoms with van der Waals surface area (Å²) >= 11 is 10.9. The van der Waals surface area contributed by atoms with Crippen molar-refractivity contribution in [1.29, 1.82) is 0 Å². The molecule has 0 atom stereocenters. The van der Waals surface area contributed by atoms with Crippen LogP contribution in [0, 0.1) is 0 Å². The van der Waals surface area contributed by atoms with Crippen LogP contribution in [0.2, 0.25) is 0 Å². The zero-order valence-electron chi connectivity index (χ0n) is 10.3. The molecule has 0 saturated heterocycles. The van der Waals surface area contributed by atoms with Gasteiger partial charge in [-0.25, -0.2) is 0 Å². The lowest BCUT2D eigenvalue weighted by atomic mass is 10.2. The standard InChI is InChI=1S/C15H18Cl2O/c16-15(17)11-7-2-1-3-8-12-18-13-14-9-5-4-6-10-14/h2,4-7,9-11H,1,3,8,12-13H2/b7-2-. The number of rotatable bonds is 8. The first kappa shape index (κ1) is 15.3. The molecule has 0 fully saturated rings. The Morgan fingerprint density at radius 1 is 1.11 bits per heavy atom. The van der Waals surface area contributed by atoms with Gasteiger partial charge in [0.05, 0.1) is 6.61 Å². The highest BCUT2D eigenvalue weighted by molar-refractivity contribution is 6.55. The summed E-state index contributed by atoms with van der Waals surface area (Å²) in [6, 6.07) is 10.2. The van der Waals surface area contributed by atoms with Crippen molar-refractivity contribution in [3.05, 3.63) is 58.6 Å². The van der Waals surface area contributed by atoms with E-state index in [9.17, 15) is 0 Å². The summed E-state index contributed by atoms with van der Waals surface area (Å²) in [5.74, 6) is 0. The van der Waals surface area contributed by atoms with E-state index >= 15 is 0 Å². The molecular weight excluding hydrogens is 267 g/mol. The molecule has 0 aliphatic carbocycles. The second-order valence-electron chi connectivity index (χ2n) is 3.92. The molecular formula is C15H18Cl2O. The van der Waals surface area contributed by atoms with Gasteiger partial charge in [-0.05, 0) is 30.9 Å². The molecule has 0 amide bonds. The first-order valence-electron chi connectivity index (χ1n) is 6.08. The van der Waals surface area contributed by atoms with Gasteiger partial charge in [-0.15, -0.1) is 0 Å². The first-order chi connectivity index (χ1) is 8.79. The molecule has 0 heterocycles. The molecule has 0 aliphatic rings. The second-order valence-corrected chi connectivity index (χ2v) is 4.93. The van der Waals surface area contributed by atoms with E-state index in [2.05, 4.69) is 18.2 Å². The van der Waals surface area contributed by atoms with Crippen LogP contribution in [-0.2, 0) is 11.3 Å². The summed E-state index contributed by atoms with van der Waals surface area (Å²) in [5, 5.41) is 0. The van der Waals surface area contributed by atoms with Crippen molar-refractivity contribution in [3.63, 3.8) is 0 Å². The van der Waals surface area contributed by atoms with Crippen molar-refractivity contribution in [2.75, 3.05) is 6.61 Å². The Labute approximate surface area is 119 Å². The summed E-state index contributed by atoms with van der Waals surface area (Å²) < 4.78 is 5.88. The lowest BCUT2D eigenvalue weighted by Crippen LogP contribution is -1.94. The van der Waals surface area contributed by atoms with Gasteiger partial charge in [-0.2, -0.15) is 0 Å². The lowest BCUT2D eigenvalue weighted by Gasteiger charge is -2.03. The van der Waals surface area contributed by atoms with Crippen LogP contribution in [0.15, 0.2) is 53.1 Å². The Morgan fingerprint density at radius 3 is 2.61 bits per heavy atom. The average Bonchev–Trinajstić information content (AvgIpc) is 2.37. The number of unbranched alkanes of at least 4 members (excludes halogenated alkanes) is 2. The summed E-state index contributed by atoms with van der Waals surface area (Å²) in [5.41, 5.74) is 1.22. The largest absolute Gasteiger partial charge is 0.377 e. The molecule has 1 aromatic carbocycles. The summed E-state index contributed by atoms with van der Waals surface area (Å²) in [4.78, 5) is 0. The second kappa shape index (κ2) is 10.2. The van der Waals surface area contributed by atoms with Crippen molar-refractivity contribution >= 4 is 23.2 Å². The number of benzene rings is 1. The molecule has 0 saturated carbocycles. The van der Waals surface area contributed by atoms with Crippen LogP contribution in [0.3, 0.4) is 0 Å². The smallest absolute Gasteiger partial charge is 0.106 e. The molecule has 0 N–H and O–H groups in total. The minimum atomic E-state index is 0.289. The van der Waals surface area contributed by atoms with Gasteiger partial charge >= 0.3 is 0 Å². The molecule has 1 nitrogen and oxygen atoms in total. The topological polar surface area (TPSA) is 9.23 Å². The molecule has 18 heavy (non-hydrogen) atoms. The van der Waals surface area contributed by atoms with Gasteiger partial charge in [-0.1, -0.05) is 65.7 Å². The van der Waals surface area contributed by atoms with Gasteiger partial charge in [0.2, 0.25) is 0 Å². The zero-order valence-corrected chi connectivity index (χ0v) is 11.8. The zero-order chi connectivity index (χ0) is 13.1. The number of hydrogen-bond donors (Lipinski definition) is 0. The predicted molar refractivity (Wildman–Crippen MR) is 78.9 cm³/mol. The van der Waals surface area contributed by atoms with Gasteiger partial charge < -0.3 is 4.74 Å². The molecule has 0 unspecified atom stereocenters. The average molecular weight is 285 g/mol. The Morgan fingerprint density at radius 2 is 1.89 bits per heavy atom. The van der Waals surface area contributed by atoms with E-state index < -0.39 is 0 Å². The van der Waals surface area contributed by atoms with Crippen molar-refractivity contribution in [2.24, 2.45) is 0 Å². The molecule has 1 rings (SSSR count). The molecule has 1 aromatic rings. The Bertz CT molecular complexity index is 367. The van der Waals surface area contributed by atoms with Crippen LogP contribution >= 0.6 is 23.2 Å². The lowest BCUT2D eigenvalue weighted by molar-refractivity contribution is 0.117. The SMILES string of the molecule is ClC(Cl)=C/C=C\CCCCOCc1ccccc1. The highest BCUT2D eigenvalue weighted by atomic mass is 35.5. The van der Waals surface area contributed by atoms with E-state index in [-0.39, 0.29) is 4.49 Å². The van der Waals surface area contributed by atoms with Crippen LogP contribution in [-0.4, -0.2) is 6.61 Å². The van der Waals surface area contributed by atoms with Gasteiger partial charge in [-0.3, -0.25) is 0 Å².